The molecule has 0 bridgehead atoms. The van der Waals surface area contributed by atoms with Gasteiger partial charge < -0.3 is 19.2 Å². The smallest absolute Gasteiger partial charge is 0.105 e. The highest BCUT2D eigenvalue weighted by molar-refractivity contribution is 5.21. The van der Waals surface area contributed by atoms with Crippen LogP contribution in [0.25, 0.3) is 0 Å². The predicted octanol–water partition coefficient (Wildman–Crippen LogP) is 2.43. The van der Waals surface area contributed by atoms with E-state index >= 15 is 0 Å². The van der Waals surface area contributed by atoms with Crippen LogP contribution in [0.5, 0.6) is 0 Å². The van der Waals surface area contributed by atoms with Gasteiger partial charge in [0, 0.05) is 31.2 Å². The Morgan fingerprint density at radius 3 is 2.95 bits per heavy atom. The van der Waals surface area contributed by atoms with Crippen LogP contribution in [-0.2, 0) is 9.47 Å². The maximum Gasteiger partial charge on any atom is 0.105 e. The van der Waals surface area contributed by atoms with Gasteiger partial charge in [-0.05, 0) is 38.8 Å². The minimum Gasteiger partial charge on any atom is -0.469 e. The molecular formula is C15H23NO3. The SMILES string of the molecule is CNC(c1ccoc1C)C1CCOC2(CCOC2)C1. The van der Waals surface area contributed by atoms with Crippen LogP contribution in [0.1, 0.15) is 36.6 Å². The second kappa shape index (κ2) is 5.27. The zero-order valence-electron chi connectivity index (χ0n) is 11.8. The number of hydrogen-bond donors (Lipinski definition) is 1. The van der Waals surface area contributed by atoms with Gasteiger partial charge in [0.1, 0.15) is 5.76 Å². The molecule has 1 aromatic heterocycles. The molecule has 3 rings (SSSR count). The Hall–Kier alpha value is -0.840. The molecule has 4 heteroatoms. The molecule has 106 valence electrons. The summed E-state index contributed by atoms with van der Waals surface area (Å²) in [5, 5.41) is 3.47. The number of nitrogens with one attached hydrogen (secondary N) is 1. The third kappa shape index (κ3) is 2.45. The Labute approximate surface area is 114 Å². The Morgan fingerprint density at radius 1 is 1.42 bits per heavy atom. The molecule has 0 aliphatic carbocycles. The van der Waals surface area contributed by atoms with Crippen molar-refractivity contribution in [2.45, 2.75) is 37.8 Å². The van der Waals surface area contributed by atoms with Gasteiger partial charge in [-0.2, -0.15) is 0 Å². The van der Waals surface area contributed by atoms with Crippen molar-refractivity contribution in [2.24, 2.45) is 5.92 Å². The molecule has 19 heavy (non-hydrogen) atoms. The van der Waals surface area contributed by atoms with Crippen LogP contribution in [0.4, 0.5) is 0 Å². The molecule has 2 aliphatic heterocycles. The van der Waals surface area contributed by atoms with Crippen molar-refractivity contribution >= 4 is 0 Å². The lowest BCUT2D eigenvalue weighted by atomic mass is 9.79. The highest BCUT2D eigenvalue weighted by Gasteiger charge is 2.43. The van der Waals surface area contributed by atoms with Crippen LogP contribution in [0.2, 0.25) is 0 Å². The standard InChI is InChI=1S/C15H23NO3/c1-11-13(4-6-18-11)14(16-2)12-3-7-19-15(9-12)5-8-17-10-15/h4,6,12,14,16H,3,5,7-10H2,1-2H3. The van der Waals surface area contributed by atoms with E-state index in [0.29, 0.717) is 12.0 Å². The zero-order valence-corrected chi connectivity index (χ0v) is 11.8. The van der Waals surface area contributed by atoms with Crippen LogP contribution in [-0.4, -0.2) is 32.5 Å². The molecular weight excluding hydrogens is 242 g/mol. The minimum absolute atomic E-state index is 0.0321. The Bertz CT molecular complexity index is 423. The van der Waals surface area contributed by atoms with Crippen molar-refractivity contribution < 1.29 is 13.9 Å². The van der Waals surface area contributed by atoms with E-state index < -0.39 is 0 Å². The summed E-state index contributed by atoms with van der Waals surface area (Å²) in [5.41, 5.74) is 1.25. The van der Waals surface area contributed by atoms with E-state index in [1.807, 2.05) is 14.0 Å². The third-order valence-corrected chi connectivity index (χ3v) is 4.61. The summed E-state index contributed by atoms with van der Waals surface area (Å²) >= 11 is 0. The van der Waals surface area contributed by atoms with Gasteiger partial charge in [0.15, 0.2) is 0 Å². The van der Waals surface area contributed by atoms with E-state index in [-0.39, 0.29) is 5.60 Å². The number of aryl methyl sites for hydroxylation is 1. The monoisotopic (exact) mass is 265 g/mol. The zero-order chi connectivity index (χ0) is 13.3. The summed E-state index contributed by atoms with van der Waals surface area (Å²) in [6, 6.07) is 2.43. The molecule has 3 atom stereocenters. The van der Waals surface area contributed by atoms with Gasteiger partial charge in [-0.25, -0.2) is 0 Å². The first kappa shape index (κ1) is 13.2. The van der Waals surface area contributed by atoms with E-state index in [0.717, 1.165) is 44.8 Å². The molecule has 2 aliphatic rings. The second-order valence-electron chi connectivity index (χ2n) is 5.79. The summed E-state index contributed by atoms with van der Waals surface area (Å²) < 4.78 is 17.0. The molecule has 3 heterocycles. The van der Waals surface area contributed by atoms with Gasteiger partial charge in [-0.3, -0.25) is 0 Å². The van der Waals surface area contributed by atoms with Crippen LogP contribution >= 0.6 is 0 Å². The third-order valence-electron chi connectivity index (χ3n) is 4.61. The van der Waals surface area contributed by atoms with Crippen molar-refractivity contribution in [3.63, 3.8) is 0 Å². The lowest BCUT2D eigenvalue weighted by Crippen LogP contribution is -2.43. The molecule has 1 N–H and O–H groups in total. The van der Waals surface area contributed by atoms with Crippen LogP contribution in [0.3, 0.4) is 0 Å². The minimum atomic E-state index is -0.0321. The highest BCUT2D eigenvalue weighted by atomic mass is 16.6. The Morgan fingerprint density at radius 2 is 2.32 bits per heavy atom. The summed E-state index contributed by atoms with van der Waals surface area (Å²) in [4.78, 5) is 0. The van der Waals surface area contributed by atoms with Crippen molar-refractivity contribution in [3.05, 3.63) is 23.7 Å². The van der Waals surface area contributed by atoms with Gasteiger partial charge in [0.05, 0.1) is 18.5 Å². The number of rotatable bonds is 3. The maximum absolute atomic E-state index is 6.02. The molecule has 4 nitrogen and oxygen atoms in total. The average molecular weight is 265 g/mol. The number of hydrogen-bond acceptors (Lipinski definition) is 4. The molecule has 0 aromatic carbocycles. The van der Waals surface area contributed by atoms with Crippen molar-refractivity contribution in [2.75, 3.05) is 26.9 Å². The molecule has 2 fully saturated rings. The topological polar surface area (TPSA) is 43.6 Å². The Kier molecular flexibility index (Phi) is 3.65. The van der Waals surface area contributed by atoms with Crippen LogP contribution < -0.4 is 5.32 Å². The normalized spacial score (nSPS) is 32.8. The molecule has 2 saturated heterocycles. The van der Waals surface area contributed by atoms with E-state index in [4.69, 9.17) is 13.9 Å². The predicted molar refractivity (Wildman–Crippen MR) is 72.1 cm³/mol. The quantitative estimate of drug-likeness (QED) is 0.911. The van der Waals surface area contributed by atoms with E-state index in [1.165, 1.54) is 5.56 Å². The molecule has 1 spiro atoms. The van der Waals surface area contributed by atoms with E-state index in [1.54, 1.807) is 6.26 Å². The summed E-state index contributed by atoms with van der Waals surface area (Å²) in [6.45, 7) is 4.46. The molecule has 0 amide bonds. The van der Waals surface area contributed by atoms with Gasteiger partial charge in [-0.15, -0.1) is 0 Å². The fourth-order valence-corrected chi connectivity index (χ4v) is 3.58. The first-order valence-electron chi connectivity index (χ1n) is 7.17. The molecule has 1 aromatic rings. The first-order chi connectivity index (χ1) is 9.24. The van der Waals surface area contributed by atoms with Crippen molar-refractivity contribution in [1.82, 2.24) is 5.32 Å². The first-order valence-corrected chi connectivity index (χ1v) is 7.17. The van der Waals surface area contributed by atoms with Gasteiger partial charge in [0.2, 0.25) is 0 Å². The molecule has 3 unspecified atom stereocenters. The lowest BCUT2D eigenvalue weighted by Gasteiger charge is -2.40. The summed E-state index contributed by atoms with van der Waals surface area (Å²) in [6.07, 6.45) is 4.98. The van der Waals surface area contributed by atoms with Crippen molar-refractivity contribution in [3.8, 4) is 0 Å². The molecule has 0 saturated carbocycles. The highest BCUT2D eigenvalue weighted by Crippen LogP contribution is 2.41. The van der Waals surface area contributed by atoms with Crippen LogP contribution in [0, 0.1) is 12.8 Å². The summed E-state index contributed by atoms with van der Waals surface area (Å²) in [7, 11) is 2.03. The maximum atomic E-state index is 6.02. The van der Waals surface area contributed by atoms with E-state index in [2.05, 4.69) is 11.4 Å². The van der Waals surface area contributed by atoms with E-state index in [9.17, 15) is 0 Å². The fourth-order valence-electron chi connectivity index (χ4n) is 3.58. The Balaban J connectivity index is 1.78. The fraction of sp³-hybridized carbons (Fsp3) is 0.733. The summed E-state index contributed by atoms with van der Waals surface area (Å²) in [5.74, 6) is 1.60. The average Bonchev–Trinajstić information content (AvgIpc) is 3.02. The van der Waals surface area contributed by atoms with Gasteiger partial charge in [0.25, 0.3) is 0 Å². The van der Waals surface area contributed by atoms with Gasteiger partial charge >= 0.3 is 0 Å². The second-order valence-corrected chi connectivity index (χ2v) is 5.79. The number of ether oxygens (including phenoxy) is 2. The van der Waals surface area contributed by atoms with Crippen LogP contribution in [0.15, 0.2) is 16.7 Å². The largest absolute Gasteiger partial charge is 0.469 e. The lowest BCUT2D eigenvalue weighted by molar-refractivity contribution is -0.103. The van der Waals surface area contributed by atoms with Crippen molar-refractivity contribution in [1.29, 1.82) is 0 Å². The molecule has 0 radical (unpaired) electrons. The number of furan rings is 1. The van der Waals surface area contributed by atoms with Gasteiger partial charge in [-0.1, -0.05) is 0 Å².